The topological polar surface area (TPSA) is 30.7 Å². The fraction of sp³-hybridized carbons (Fsp3) is 0.333. The van der Waals surface area contributed by atoms with Crippen LogP contribution in [0.2, 0.25) is 0 Å². The van der Waals surface area contributed by atoms with Gasteiger partial charge in [0.2, 0.25) is 0 Å². The molecule has 3 nitrogen and oxygen atoms in total. The minimum atomic E-state index is 0.896. The summed E-state index contributed by atoms with van der Waals surface area (Å²) in [5.74, 6) is 0. The van der Waals surface area contributed by atoms with Gasteiger partial charge in [0.25, 0.3) is 0 Å². The SMILES string of the molecule is Cn1nncc1Br. The molecule has 0 spiro atoms. The van der Waals surface area contributed by atoms with E-state index in [1.807, 2.05) is 7.05 Å². The van der Waals surface area contributed by atoms with Gasteiger partial charge in [-0.25, -0.2) is 4.68 Å². The molecule has 38 valence electrons. The lowest BCUT2D eigenvalue weighted by molar-refractivity contribution is 0.702. The highest BCUT2D eigenvalue weighted by atomic mass is 79.9. The fourth-order valence-electron chi connectivity index (χ4n) is 0.277. The van der Waals surface area contributed by atoms with E-state index in [9.17, 15) is 0 Å². The average Bonchev–Trinajstić information content (AvgIpc) is 1.91. The molecule has 0 aliphatic heterocycles. The summed E-state index contributed by atoms with van der Waals surface area (Å²) < 4.78 is 2.53. The zero-order chi connectivity index (χ0) is 5.28. The third kappa shape index (κ3) is 0.796. The standard InChI is InChI=1S/C3H4BrN3/c1-7-3(4)2-5-6-7/h2H,1H3. The Labute approximate surface area is 49.5 Å². The number of hydrogen-bond acceptors (Lipinski definition) is 2. The maximum atomic E-state index is 3.64. The Hall–Kier alpha value is -0.380. The quantitative estimate of drug-likeness (QED) is 0.558. The molecule has 0 fully saturated rings. The van der Waals surface area contributed by atoms with Crippen molar-refractivity contribution in [3.05, 3.63) is 10.8 Å². The molecular weight excluding hydrogens is 158 g/mol. The Morgan fingerprint density at radius 1 is 1.86 bits per heavy atom. The van der Waals surface area contributed by atoms with Crippen molar-refractivity contribution in [3.63, 3.8) is 0 Å². The van der Waals surface area contributed by atoms with Crippen LogP contribution in [0.3, 0.4) is 0 Å². The summed E-state index contributed by atoms with van der Waals surface area (Å²) in [5, 5.41) is 7.22. The van der Waals surface area contributed by atoms with E-state index in [1.165, 1.54) is 0 Å². The van der Waals surface area contributed by atoms with Gasteiger partial charge in [-0.2, -0.15) is 0 Å². The van der Waals surface area contributed by atoms with Crippen molar-refractivity contribution in [3.8, 4) is 0 Å². The van der Waals surface area contributed by atoms with Gasteiger partial charge in [-0.15, -0.1) is 5.10 Å². The van der Waals surface area contributed by atoms with Crippen LogP contribution < -0.4 is 0 Å². The summed E-state index contributed by atoms with van der Waals surface area (Å²) in [6.07, 6.45) is 1.64. The summed E-state index contributed by atoms with van der Waals surface area (Å²) >= 11 is 3.20. The van der Waals surface area contributed by atoms with E-state index in [2.05, 4.69) is 26.2 Å². The highest BCUT2D eigenvalue weighted by Gasteiger charge is 1.87. The van der Waals surface area contributed by atoms with Crippen molar-refractivity contribution in [1.29, 1.82) is 0 Å². The molecule has 1 aromatic heterocycles. The summed E-state index contributed by atoms with van der Waals surface area (Å²) in [6, 6.07) is 0. The van der Waals surface area contributed by atoms with E-state index in [1.54, 1.807) is 10.9 Å². The van der Waals surface area contributed by atoms with Crippen molar-refractivity contribution < 1.29 is 0 Å². The molecule has 1 rings (SSSR count). The van der Waals surface area contributed by atoms with Crippen molar-refractivity contribution in [2.24, 2.45) is 7.05 Å². The maximum absolute atomic E-state index is 3.64. The Bertz CT molecular complexity index is 142. The van der Waals surface area contributed by atoms with E-state index < -0.39 is 0 Å². The largest absolute Gasteiger partial charge is 0.241 e. The van der Waals surface area contributed by atoms with Gasteiger partial charge in [0.15, 0.2) is 0 Å². The molecule has 4 heteroatoms. The Morgan fingerprint density at radius 3 is 2.71 bits per heavy atom. The van der Waals surface area contributed by atoms with E-state index >= 15 is 0 Å². The lowest BCUT2D eigenvalue weighted by Crippen LogP contribution is -1.88. The lowest BCUT2D eigenvalue weighted by atomic mass is 10.9. The van der Waals surface area contributed by atoms with E-state index in [4.69, 9.17) is 0 Å². The first-order valence-corrected chi connectivity index (χ1v) is 2.60. The molecule has 0 aliphatic carbocycles. The van der Waals surface area contributed by atoms with Crippen molar-refractivity contribution in [2.45, 2.75) is 0 Å². The second-order valence-electron chi connectivity index (χ2n) is 1.18. The third-order valence-electron chi connectivity index (χ3n) is 0.659. The minimum Gasteiger partial charge on any atom is -0.241 e. The highest BCUT2D eigenvalue weighted by molar-refractivity contribution is 9.10. The molecule has 0 bridgehead atoms. The second-order valence-corrected chi connectivity index (χ2v) is 1.99. The Balaban J connectivity index is 3.12. The third-order valence-corrected chi connectivity index (χ3v) is 1.38. The average molecular weight is 162 g/mol. The van der Waals surface area contributed by atoms with Crippen LogP contribution in [0, 0.1) is 0 Å². The maximum Gasteiger partial charge on any atom is 0.124 e. The molecule has 0 atom stereocenters. The predicted molar refractivity (Wildman–Crippen MR) is 28.7 cm³/mol. The van der Waals surface area contributed by atoms with Gasteiger partial charge in [0, 0.05) is 7.05 Å². The number of aromatic nitrogens is 3. The number of hydrogen-bond donors (Lipinski definition) is 0. The molecule has 0 saturated carbocycles. The van der Waals surface area contributed by atoms with Crippen LogP contribution in [0.15, 0.2) is 10.8 Å². The zero-order valence-corrected chi connectivity index (χ0v) is 5.38. The molecule has 0 saturated heterocycles. The van der Waals surface area contributed by atoms with Gasteiger partial charge in [-0.05, 0) is 15.9 Å². The smallest absolute Gasteiger partial charge is 0.124 e. The van der Waals surface area contributed by atoms with Gasteiger partial charge < -0.3 is 0 Å². The fourth-order valence-corrected chi connectivity index (χ4v) is 0.440. The second kappa shape index (κ2) is 1.61. The minimum absolute atomic E-state index is 0.896. The van der Waals surface area contributed by atoms with E-state index in [-0.39, 0.29) is 0 Å². The Morgan fingerprint density at radius 2 is 2.57 bits per heavy atom. The predicted octanol–water partition coefficient (Wildman–Crippen LogP) is 0.578. The van der Waals surface area contributed by atoms with E-state index in [0.717, 1.165) is 4.60 Å². The summed E-state index contributed by atoms with van der Waals surface area (Å²) in [4.78, 5) is 0. The molecule has 1 aromatic rings. The summed E-state index contributed by atoms with van der Waals surface area (Å²) in [7, 11) is 1.82. The first-order valence-electron chi connectivity index (χ1n) is 1.81. The van der Waals surface area contributed by atoms with Gasteiger partial charge in [-0.1, -0.05) is 5.21 Å². The van der Waals surface area contributed by atoms with Crippen LogP contribution in [0.1, 0.15) is 0 Å². The van der Waals surface area contributed by atoms with Crippen LogP contribution >= 0.6 is 15.9 Å². The van der Waals surface area contributed by atoms with Gasteiger partial charge in [-0.3, -0.25) is 0 Å². The van der Waals surface area contributed by atoms with Crippen LogP contribution in [0.5, 0.6) is 0 Å². The van der Waals surface area contributed by atoms with Crippen molar-refractivity contribution in [2.75, 3.05) is 0 Å². The molecule has 0 aliphatic rings. The van der Waals surface area contributed by atoms with Crippen LogP contribution in [-0.2, 0) is 7.05 Å². The molecule has 0 radical (unpaired) electrons. The van der Waals surface area contributed by atoms with Gasteiger partial charge in [0.1, 0.15) is 4.60 Å². The number of aryl methyl sites for hydroxylation is 1. The number of rotatable bonds is 0. The van der Waals surface area contributed by atoms with E-state index in [0.29, 0.717) is 0 Å². The molecule has 7 heavy (non-hydrogen) atoms. The molecule has 0 N–H and O–H groups in total. The summed E-state index contributed by atoms with van der Waals surface area (Å²) in [6.45, 7) is 0. The van der Waals surface area contributed by atoms with Crippen LogP contribution in [-0.4, -0.2) is 15.0 Å². The lowest BCUT2D eigenvalue weighted by Gasteiger charge is -1.82. The molecule has 0 aromatic carbocycles. The summed E-state index contributed by atoms with van der Waals surface area (Å²) in [5.41, 5.74) is 0. The van der Waals surface area contributed by atoms with Crippen molar-refractivity contribution in [1.82, 2.24) is 15.0 Å². The number of nitrogens with zero attached hydrogens (tertiary/aromatic N) is 3. The molecule has 0 amide bonds. The molecule has 0 unspecified atom stereocenters. The number of halogens is 1. The van der Waals surface area contributed by atoms with Gasteiger partial charge >= 0.3 is 0 Å². The molecule has 1 heterocycles. The van der Waals surface area contributed by atoms with Crippen LogP contribution in [0.25, 0.3) is 0 Å². The Kier molecular flexibility index (Phi) is 1.10. The first kappa shape index (κ1) is 4.77. The monoisotopic (exact) mass is 161 g/mol. The van der Waals surface area contributed by atoms with Crippen molar-refractivity contribution >= 4 is 15.9 Å². The van der Waals surface area contributed by atoms with Gasteiger partial charge in [0.05, 0.1) is 6.20 Å². The normalized spacial score (nSPS) is 9.43. The molecular formula is C3H4BrN3. The zero-order valence-electron chi connectivity index (χ0n) is 3.80. The first-order chi connectivity index (χ1) is 3.30. The highest BCUT2D eigenvalue weighted by Crippen LogP contribution is 2.01. The van der Waals surface area contributed by atoms with Crippen LogP contribution in [0.4, 0.5) is 0 Å².